The summed E-state index contributed by atoms with van der Waals surface area (Å²) < 4.78 is 45.4. The number of ether oxygens (including phenoxy) is 1. The molecule has 0 radical (unpaired) electrons. The third-order valence-corrected chi connectivity index (χ3v) is 5.26. The fourth-order valence-corrected chi connectivity index (χ4v) is 3.88. The van der Waals surface area contributed by atoms with Crippen molar-refractivity contribution in [3.05, 3.63) is 69.2 Å². The number of alkyl halides is 3. The van der Waals surface area contributed by atoms with Crippen LogP contribution in [0.3, 0.4) is 0 Å². The Morgan fingerprint density at radius 1 is 1.07 bits per heavy atom. The zero-order chi connectivity index (χ0) is 19.3. The van der Waals surface area contributed by atoms with Gasteiger partial charge in [-0.15, -0.1) is 0 Å². The first-order valence-electron chi connectivity index (χ1n) is 8.54. The van der Waals surface area contributed by atoms with Crippen LogP contribution in [0, 0.1) is 19.8 Å². The second-order valence-electron chi connectivity index (χ2n) is 7.02. The van der Waals surface area contributed by atoms with Gasteiger partial charge in [0.1, 0.15) is 11.8 Å². The van der Waals surface area contributed by atoms with Gasteiger partial charge in [-0.25, -0.2) is 0 Å². The molecule has 0 bridgehead atoms. The molecule has 2 unspecified atom stereocenters. The van der Waals surface area contributed by atoms with Crippen LogP contribution < -0.4 is 0 Å². The van der Waals surface area contributed by atoms with Gasteiger partial charge in [0.15, 0.2) is 6.10 Å². The van der Waals surface area contributed by atoms with E-state index in [4.69, 9.17) is 21.2 Å². The normalized spacial score (nSPS) is 24.5. The summed E-state index contributed by atoms with van der Waals surface area (Å²) in [6.45, 7) is 3.90. The summed E-state index contributed by atoms with van der Waals surface area (Å²) in [6, 6.07) is 9.58. The second kappa shape index (κ2) is 6.53. The maximum absolute atomic E-state index is 13.2. The lowest BCUT2D eigenvalue weighted by atomic mass is 9.89. The number of rotatable bonds is 2. The quantitative estimate of drug-likeness (QED) is 0.644. The molecule has 3 nitrogen and oxygen atoms in total. The molecular formula is C20H17ClF3NO2. The third kappa shape index (κ3) is 3.32. The Morgan fingerprint density at radius 3 is 2.59 bits per heavy atom. The summed E-state index contributed by atoms with van der Waals surface area (Å²) in [4.78, 5) is 5.55. The average Bonchev–Trinajstić information content (AvgIpc) is 3.17. The molecule has 27 heavy (non-hydrogen) atoms. The molecule has 0 saturated carbocycles. The maximum Gasteiger partial charge on any atom is 0.416 e. The number of hydrogen-bond donors (Lipinski definition) is 0. The topological polar surface area (TPSA) is 30.8 Å². The van der Waals surface area contributed by atoms with Crippen LogP contribution in [0.15, 0.2) is 41.6 Å². The van der Waals surface area contributed by atoms with Gasteiger partial charge in [0.05, 0.1) is 18.1 Å². The van der Waals surface area contributed by atoms with Gasteiger partial charge in [-0.05, 0) is 37.6 Å². The first kappa shape index (κ1) is 18.3. The molecule has 1 fully saturated rings. The Kier molecular flexibility index (Phi) is 4.43. The van der Waals surface area contributed by atoms with Gasteiger partial charge < -0.3 is 9.57 Å². The van der Waals surface area contributed by atoms with Crippen molar-refractivity contribution >= 4 is 17.3 Å². The molecule has 1 saturated heterocycles. The summed E-state index contributed by atoms with van der Waals surface area (Å²) in [5.74, 6) is -0.241. The minimum Gasteiger partial charge on any atom is -0.387 e. The first-order chi connectivity index (χ1) is 12.7. The van der Waals surface area contributed by atoms with Gasteiger partial charge >= 0.3 is 6.18 Å². The van der Waals surface area contributed by atoms with E-state index in [0.29, 0.717) is 28.5 Å². The van der Waals surface area contributed by atoms with Gasteiger partial charge in [-0.2, -0.15) is 13.2 Å². The molecule has 2 aliphatic rings. The van der Waals surface area contributed by atoms with Gasteiger partial charge in [0, 0.05) is 10.6 Å². The highest BCUT2D eigenvalue weighted by Gasteiger charge is 2.46. The largest absolute Gasteiger partial charge is 0.416 e. The summed E-state index contributed by atoms with van der Waals surface area (Å²) in [5.41, 5.74) is 2.78. The van der Waals surface area contributed by atoms with E-state index in [1.165, 1.54) is 0 Å². The fourth-order valence-electron chi connectivity index (χ4n) is 3.66. The Morgan fingerprint density at radius 2 is 1.85 bits per heavy atom. The molecule has 7 heteroatoms. The van der Waals surface area contributed by atoms with Crippen molar-refractivity contribution in [2.45, 2.75) is 32.2 Å². The van der Waals surface area contributed by atoms with Crippen LogP contribution in [0.4, 0.5) is 13.2 Å². The van der Waals surface area contributed by atoms with E-state index in [1.54, 1.807) is 19.1 Å². The van der Waals surface area contributed by atoms with E-state index in [2.05, 4.69) is 5.16 Å². The molecule has 142 valence electrons. The molecule has 4 rings (SSSR count). The van der Waals surface area contributed by atoms with Crippen molar-refractivity contribution in [1.82, 2.24) is 0 Å². The summed E-state index contributed by atoms with van der Waals surface area (Å²) >= 11 is 6.31. The second-order valence-corrected chi connectivity index (χ2v) is 7.42. The molecule has 0 amide bonds. The minimum absolute atomic E-state index is 0.241. The zero-order valence-electron chi connectivity index (χ0n) is 14.7. The molecule has 2 aliphatic heterocycles. The Balaban J connectivity index is 1.65. The van der Waals surface area contributed by atoms with E-state index in [0.717, 1.165) is 23.3 Å². The molecule has 0 aromatic heterocycles. The predicted octanol–water partition coefficient (Wildman–Crippen LogP) is 5.79. The molecular weight excluding hydrogens is 379 g/mol. The van der Waals surface area contributed by atoms with Crippen LogP contribution in [-0.4, -0.2) is 12.3 Å². The van der Waals surface area contributed by atoms with E-state index < -0.39 is 23.9 Å². The lowest BCUT2D eigenvalue weighted by Crippen LogP contribution is -2.17. The summed E-state index contributed by atoms with van der Waals surface area (Å²) in [6.07, 6.45) is -5.46. The number of nitrogens with zero attached hydrogens (tertiary/aromatic N) is 1. The predicted molar refractivity (Wildman–Crippen MR) is 95.8 cm³/mol. The molecule has 2 aromatic rings. The standard InChI is InChI=1S/C20H17ClF3NO2/c1-10-3-4-16(21)14(7-10)19-17-15(9-26-19)18(27-25-17)12-5-11(2)6-13(8-12)20(22,23)24/h3-8,15,18-19H,9H2,1-2H3/t15?,18?,19-/m0/s1. The molecule has 3 atom stereocenters. The minimum atomic E-state index is -4.41. The number of fused-ring (bicyclic) bond motifs is 1. The van der Waals surface area contributed by atoms with E-state index in [-0.39, 0.29) is 5.92 Å². The van der Waals surface area contributed by atoms with E-state index in [1.807, 2.05) is 19.1 Å². The van der Waals surface area contributed by atoms with Crippen LogP contribution in [0.25, 0.3) is 0 Å². The number of halogens is 4. The van der Waals surface area contributed by atoms with Crippen molar-refractivity contribution in [1.29, 1.82) is 0 Å². The first-order valence-corrected chi connectivity index (χ1v) is 8.92. The van der Waals surface area contributed by atoms with Crippen LogP contribution in [0.1, 0.15) is 40.0 Å². The number of hydrogen-bond acceptors (Lipinski definition) is 3. The lowest BCUT2D eigenvalue weighted by molar-refractivity contribution is -0.137. The van der Waals surface area contributed by atoms with Crippen molar-refractivity contribution in [2.24, 2.45) is 11.1 Å². The molecule has 2 aromatic carbocycles. The summed E-state index contributed by atoms with van der Waals surface area (Å²) in [5, 5.41) is 4.72. The van der Waals surface area contributed by atoms with Gasteiger partial charge in [-0.3, -0.25) is 0 Å². The van der Waals surface area contributed by atoms with Gasteiger partial charge in [0.2, 0.25) is 0 Å². The highest BCUT2D eigenvalue weighted by atomic mass is 35.5. The lowest BCUT2D eigenvalue weighted by Gasteiger charge is -2.17. The van der Waals surface area contributed by atoms with Crippen LogP contribution in [-0.2, 0) is 15.8 Å². The van der Waals surface area contributed by atoms with Crippen LogP contribution in [0.5, 0.6) is 0 Å². The highest BCUT2D eigenvalue weighted by Crippen LogP contribution is 2.45. The van der Waals surface area contributed by atoms with E-state index in [9.17, 15) is 13.2 Å². The average molecular weight is 396 g/mol. The van der Waals surface area contributed by atoms with Crippen LogP contribution >= 0.6 is 11.6 Å². The van der Waals surface area contributed by atoms with Gasteiger partial charge in [0.25, 0.3) is 0 Å². The highest BCUT2D eigenvalue weighted by molar-refractivity contribution is 6.31. The Bertz CT molecular complexity index is 926. The van der Waals surface area contributed by atoms with Crippen LogP contribution in [0.2, 0.25) is 5.02 Å². The zero-order valence-corrected chi connectivity index (χ0v) is 15.4. The SMILES string of the molecule is Cc1cc(C2ON=C3C2CO[C@H]3c2cc(C)ccc2Cl)cc(C(F)(F)F)c1. The van der Waals surface area contributed by atoms with Gasteiger partial charge in [-0.1, -0.05) is 46.1 Å². The number of benzene rings is 2. The van der Waals surface area contributed by atoms with Crippen molar-refractivity contribution in [3.8, 4) is 0 Å². The summed E-state index contributed by atoms with van der Waals surface area (Å²) in [7, 11) is 0. The monoisotopic (exact) mass is 395 g/mol. The van der Waals surface area contributed by atoms with Crippen molar-refractivity contribution < 1.29 is 22.7 Å². The molecule has 0 N–H and O–H groups in total. The van der Waals surface area contributed by atoms with E-state index >= 15 is 0 Å². The molecule has 0 aliphatic carbocycles. The fraction of sp³-hybridized carbons (Fsp3) is 0.350. The van der Waals surface area contributed by atoms with Crippen molar-refractivity contribution in [2.75, 3.05) is 6.61 Å². The Hall–Kier alpha value is -2.05. The maximum atomic E-state index is 13.2. The van der Waals surface area contributed by atoms with Crippen molar-refractivity contribution in [3.63, 3.8) is 0 Å². The third-order valence-electron chi connectivity index (χ3n) is 4.92. The number of aryl methyl sites for hydroxylation is 2. The molecule has 2 heterocycles. The number of oxime groups is 1. The Labute approximate surface area is 159 Å². The molecule has 0 spiro atoms. The smallest absolute Gasteiger partial charge is 0.387 e.